The van der Waals surface area contributed by atoms with Gasteiger partial charge in [-0.2, -0.15) is 0 Å². The summed E-state index contributed by atoms with van der Waals surface area (Å²) in [5.41, 5.74) is -0.138. The summed E-state index contributed by atoms with van der Waals surface area (Å²) in [7, 11) is 0. The topological polar surface area (TPSA) is 88.1 Å². The van der Waals surface area contributed by atoms with Crippen molar-refractivity contribution in [2.24, 2.45) is 0 Å². The first-order valence-electron chi connectivity index (χ1n) is 15.7. The fourth-order valence-electron chi connectivity index (χ4n) is 4.51. The molecule has 0 heterocycles. The molecule has 9 heteroatoms. The van der Waals surface area contributed by atoms with Crippen molar-refractivity contribution < 1.29 is 42.1 Å². The third-order valence-electron chi connectivity index (χ3n) is 7.12. The maximum atomic E-state index is 14.7. The van der Waals surface area contributed by atoms with Gasteiger partial charge in [-0.15, -0.1) is 0 Å². The molecule has 3 aromatic carbocycles. The number of carbonyl (C=O) groups is 3. The molecular weight excluding hydrogens is 582 g/mol. The van der Waals surface area contributed by atoms with Crippen molar-refractivity contribution in [3.8, 4) is 17.2 Å². The Hall–Kier alpha value is -4.27. The van der Waals surface area contributed by atoms with E-state index >= 15 is 0 Å². The van der Waals surface area contributed by atoms with E-state index < -0.39 is 29.5 Å². The summed E-state index contributed by atoms with van der Waals surface area (Å²) in [6, 6.07) is 12.8. The molecule has 3 aromatic rings. The molecule has 242 valence electrons. The number of hydrogen-bond donors (Lipinski definition) is 0. The van der Waals surface area contributed by atoms with Gasteiger partial charge in [-0.1, -0.05) is 58.8 Å². The van der Waals surface area contributed by atoms with Gasteiger partial charge in [0.15, 0.2) is 11.6 Å². The highest BCUT2D eigenvalue weighted by molar-refractivity contribution is 5.93. The minimum atomic E-state index is -0.871. The number of halogens is 2. The first-order chi connectivity index (χ1) is 21.7. The molecule has 0 aromatic heterocycles. The zero-order chi connectivity index (χ0) is 32.6. The van der Waals surface area contributed by atoms with Gasteiger partial charge in [-0.3, -0.25) is 0 Å². The van der Waals surface area contributed by atoms with Crippen molar-refractivity contribution in [1.82, 2.24) is 0 Å². The highest BCUT2D eigenvalue weighted by atomic mass is 19.1. The van der Waals surface area contributed by atoms with Gasteiger partial charge in [-0.05, 0) is 80.8 Å². The predicted molar refractivity (Wildman–Crippen MR) is 167 cm³/mol. The maximum Gasteiger partial charge on any atom is 0.343 e. The smallest absolute Gasteiger partial charge is 0.343 e. The summed E-state index contributed by atoms with van der Waals surface area (Å²) in [6.07, 6.45) is 9.79. The Morgan fingerprint density at radius 1 is 0.644 bits per heavy atom. The Labute approximate surface area is 263 Å². The number of ether oxygens (including phenoxy) is 4. The summed E-state index contributed by atoms with van der Waals surface area (Å²) >= 11 is 0. The average Bonchev–Trinajstić information content (AvgIpc) is 3.02. The first kappa shape index (κ1) is 35.2. The second-order valence-electron chi connectivity index (χ2n) is 10.9. The standard InChI is InChI=1S/C36H42F2O7/c1-4-6-8-10-12-22-42-33-21-16-27(23-32(33)38)35(40)44-28-17-14-26(15-18-28)34(39)45-29-19-20-30(31(37)24-29)36(41)43-25(3)13-11-9-7-5-2/h14-21,23-25H,4-13,22H2,1-3H3. The fourth-order valence-corrected chi connectivity index (χ4v) is 4.51. The van der Waals surface area contributed by atoms with Gasteiger partial charge in [0.2, 0.25) is 0 Å². The van der Waals surface area contributed by atoms with Crippen LogP contribution in [0.15, 0.2) is 60.7 Å². The third-order valence-corrected chi connectivity index (χ3v) is 7.12. The molecule has 0 bridgehead atoms. The number of benzene rings is 3. The van der Waals surface area contributed by atoms with Gasteiger partial charge in [-0.25, -0.2) is 23.2 Å². The van der Waals surface area contributed by atoms with Crippen LogP contribution in [0.1, 0.15) is 116 Å². The van der Waals surface area contributed by atoms with Crippen LogP contribution in [0.3, 0.4) is 0 Å². The predicted octanol–water partition coefficient (Wildman–Crippen LogP) is 9.27. The molecule has 0 radical (unpaired) electrons. The summed E-state index contributed by atoms with van der Waals surface area (Å²) < 4.78 is 50.5. The number of unbranched alkanes of at least 4 members (excludes halogenated alkanes) is 7. The van der Waals surface area contributed by atoms with Crippen molar-refractivity contribution in [3.63, 3.8) is 0 Å². The Kier molecular flexibility index (Phi) is 14.5. The lowest BCUT2D eigenvalue weighted by molar-refractivity contribution is 0.0314. The molecule has 0 N–H and O–H groups in total. The Balaban J connectivity index is 1.50. The number of carbonyl (C=O) groups excluding carboxylic acids is 3. The Morgan fingerprint density at radius 2 is 1.24 bits per heavy atom. The lowest BCUT2D eigenvalue weighted by Crippen LogP contribution is -2.16. The minimum Gasteiger partial charge on any atom is -0.491 e. The van der Waals surface area contributed by atoms with E-state index in [0.717, 1.165) is 69.9 Å². The molecule has 1 atom stereocenters. The summed E-state index contributed by atoms with van der Waals surface area (Å²) in [5.74, 6) is -3.78. The maximum absolute atomic E-state index is 14.7. The van der Waals surface area contributed by atoms with Crippen LogP contribution >= 0.6 is 0 Å². The highest BCUT2D eigenvalue weighted by Crippen LogP contribution is 2.23. The van der Waals surface area contributed by atoms with Crippen LogP contribution in [0.25, 0.3) is 0 Å². The zero-order valence-corrected chi connectivity index (χ0v) is 26.2. The van der Waals surface area contributed by atoms with Crippen LogP contribution in [0.2, 0.25) is 0 Å². The minimum absolute atomic E-state index is 0.00192. The van der Waals surface area contributed by atoms with E-state index in [-0.39, 0.29) is 40.0 Å². The van der Waals surface area contributed by atoms with Crippen LogP contribution in [0.5, 0.6) is 17.2 Å². The van der Waals surface area contributed by atoms with Gasteiger partial charge < -0.3 is 18.9 Å². The lowest BCUT2D eigenvalue weighted by Gasteiger charge is -2.14. The van der Waals surface area contributed by atoms with E-state index in [4.69, 9.17) is 18.9 Å². The van der Waals surface area contributed by atoms with Gasteiger partial charge in [0.25, 0.3) is 0 Å². The zero-order valence-electron chi connectivity index (χ0n) is 26.2. The van der Waals surface area contributed by atoms with Gasteiger partial charge >= 0.3 is 17.9 Å². The Bertz CT molecular complexity index is 1410. The van der Waals surface area contributed by atoms with Crippen LogP contribution in [0.4, 0.5) is 8.78 Å². The van der Waals surface area contributed by atoms with E-state index in [2.05, 4.69) is 13.8 Å². The molecule has 0 aliphatic carbocycles. The van der Waals surface area contributed by atoms with Crippen molar-refractivity contribution in [3.05, 3.63) is 89.0 Å². The Morgan fingerprint density at radius 3 is 1.91 bits per heavy atom. The fraction of sp³-hybridized carbons (Fsp3) is 0.417. The van der Waals surface area contributed by atoms with Gasteiger partial charge in [0.1, 0.15) is 17.3 Å². The number of hydrogen-bond acceptors (Lipinski definition) is 7. The molecule has 1 unspecified atom stereocenters. The molecule has 3 rings (SSSR count). The molecule has 0 saturated heterocycles. The highest BCUT2D eigenvalue weighted by Gasteiger charge is 2.19. The molecular formula is C36H42F2O7. The van der Waals surface area contributed by atoms with E-state index in [1.807, 2.05) is 0 Å². The quantitative estimate of drug-likeness (QED) is 0.0792. The van der Waals surface area contributed by atoms with E-state index in [1.165, 1.54) is 48.5 Å². The van der Waals surface area contributed by atoms with Crippen molar-refractivity contribution in [1.29, 1.82) is 0 Å². The van der Waals surface area contributed by atoms with Crippen molar-refractivity contribution >= 4 is 17.9 Å². The molecule has 0 spiro atoms. The number of esters is 3. The van der Waals surface area contributed by atoms with Gasteiger partial charge in [0, 0.05) is 6.07 Å². The molecule has 0 amide bonds. The molecule has 45 heavy (non-hydrogen) atoms. The molecule has 0 fully saturated rings. The number of rotatable bonds is 18. The van der Waals surface area contributed by atoms with Crippen LogP contribution < -0.4 is 14.2 Å². The molecule has 7 nitrogen and oxygen atoms in total. The average molecular weight is 625 g/mol. The van der Waals surface area contributed by atoms with Crippen molar-refractivity contribution in [2.75, 3.05) is 6.61 Å². The van der Waals surface area contributed by atoms with Crippen molar-refractivity contribution in [2.45, 2.75) is 91.1 Å². The second-order valence-corrected chi connectivity index (χ2v) is 10.9. The third kappa shape index (κ3) is 11.6. The monoisotopic (exact) mass is 624 g/mol. The van der Waals surface area contributed by atoms with Gasteiger partial charge in [0.05, 0.1) is 29.4 Å². The van der Waals surface area contributed by atoms with E-state index in [1.54, 1.807) is 6.92 Å². The SMILES string of the molecule is CCCCCCCOc1ccc(C(=O)Oc2ccc(C(=O)Oc3ccc(C(=O)OC(C)CCCCCC)c(F)c3)cc2)cc1F. The van der Waals surface area contributed by atoms with E-state index in [9.17, 15) is 23.2 Å². The normalized spacial score (nSPS) is 11.5. The largest absolute Gasteiger partial charge is 0.491 e. The van der Waals surface area contributed by atoms with E-state index in [0.29, 0.717) is 13.0 Å². The molecule has 0 aliphatic rings. The van der Waals surface area contributed by atoms with Crippen LogP contribution in [-0.2, 0) is 4.74 Å². The van der Waals surface area contributed by atoms with Crippen LogP contribution in [0, 0.1) is 11.6 Å². The summed E-state index contributed by atoms with van der Waals surface area (Å²) in [6.45, 7) is 6.42. The summed E-state index contributed by atoms with van der Waals surface area (Å²) in [5, 5.41) is 0. The summed E-state index contributed by atoms with van der Waals surface area (Å²) in [4.78, 5) is 37.5. The molecule has 0 saturated carbocycles. The molecule has 0 aliphatic heterocycles. The lowest BCUT2D eigenvalue weighted by atomic mass is 10.1. The first-order valence-corrected chi connectivity index (χ1v) is 15.7. The van der Waals surface area contributed by atoms with Crippen LogP contribution in [-0.4, -0.2) is 30.6 Å². The second kappa shape index (κ2) is 18.5.